The highest BCUT2D eigenvalue weighted by molar-refractivity contribution is 7.91. The van der Waals surface area contributed by atoms with Crippen molar-refractivity contribution in [1.82, 2.24) is 10.6 Å². The van der Waals surface area contributed by atoms with E-state index in [1.807, 2.05) is 0 Å². The van der Waals surface area contributed by atoms with Gasteiger partial charge in [-0.2, -0.15) is 0 Å². The lowest BCUT2D eigenvalue weighted by Crippen LogP contribution is -2.50. The van der Waals surface area contributed by atoms with Crippen LogP contribution >= 0.6 is 0 Å². The second kappa shape index (κ2) is 8.86. The summed E-state index contributed by atoms with van der Waals surface area (Å²) in [5, 5.41) is 5.31. The Labute approximate surface area is 182 Å². The Morgan fingerprint density at radius 2 is 1.97 bits per heavy atom. The second-order valence-electron chi connectivity index (χ2n) is 9.08. The Kier molecular flexibility index (Phi) is 6.35. The van der Waals surface area contributed by atoms with Gasteiger partial charge < -0.3 is 10.1 Å². The number of nitrogens with one attached hydrogen (secondary N) is 2. The van der Waals surface area contributed by atoms with E-state index in [0.717, 1.165) is 31.2 Å². The summed E-state index contributed by atoms with van der Waals surface area (Å²) in [6.07, 6.45) is 4.84. The molecule has 2 aliphatic carbocycles. The number of halogens is 1. The number of carbonyl (C=O) groups is 2. The van der Waals surface area contributed by atoms with Crippen LogP contribution in [-0.2, 0) is 24.8 Å². The van der Waals surface area contributed by atoms with Crippen LogP contribution in [0.15, 0.2) is 18.2 Å². The van der Waals surface area contributed by atoms with Gasteiger partial charge in [-0.25, -0.2) is 12.8 Å². The van der Waals surface area contributed by atoms with Crippen molar-refractivity contribution in [3.8, 4) is 5.75 Å². The summed E-state index contributed by atoms with van der Waals surface area (Å²) < 4.78 is 45.2. The van der Waals surface area contributed by atoms with Gasteiger partial charge in [0.25, 0.3) is 0 Å². The SMILES string of the molecule is O=C1CCC(NCCCS(=O)(=O)CC2(c3ccc(F)c(OCC4CC4)c3)CC2)C(=O)N1. The Morgan fingerprint density at radius 3 is 2.65 bits per heavy atom. The molecule has 7 nitrogen and oxygen atoms in total. The van der Waals surface area contributed by atoms with Crippen LogP contribution in [0.4, 0.5) is 4.39 Å². The zero-order chi connectivity index (χ0) is 22.1. The third kappa shape index (κ3) is 5.83. The lowest BCUT2D eigenvalue weighted by atomic mass is 9.98. The fourth-order valence-electron chi connectivity index (χ4n) is 4.05. The minimum Gasteiger partial charge on any atom is -0.490 e. The zero-order valence-corrected chi connectivity index (χ0v) is 18.3. The molecule has 2 amide bonds. The first-order valence-electron chi connectivity index (χ1n) is 11.0. The van der Waals surface area contributed by atoms with E-state index in [0.29, 0.717) is 31.9 Å². The third-order valence-electron chi connectivity index (χ3n) is 6.33. The van der Waals surface area contributed by atoms with Crippen LogP contribution in [0.2, 0.25) is 0 Å². The highest BCUT2D eigenvalue weighted by Gasteiger charge is 2.47. The van der Waals surface area contributed by atoms with Gasteiger partial charge >= 0.3 is 0 Å². The van der Waals surface area contributed by atoms with Crippen LogP contribution < -0.4 is 15.4 Å². The normalized spacial score (nSPS) is 22.8. The van der Waals surface area contributed by atoms with E-state index in [1.165, 1.54) is 6.07 Å². The molecule has 0 spiro atoms. The number of piperidine rings is 1. The van der Waals surface area contributed by atoms with Gasteiger partial charge in [0.1, 0.15) is 0 Å². The van der Waals surface area contributed by atoms with Crippen LogP contribution in [0, 0.1) is 11.7 Å². The molecule has 0 radical (unpaired) electrons. The maximum atomic E-state index is 14.1. The lowest BCUT2D eigenvalue weighted by Gasteiger charge is -2.22. The molecule has 31 heavy (non-hydrogen) atoms. The second-order valence-corrected chi connectivity index (χ2v) is 11.3. The Hall–Kier alpha value is -2.00. The summed E-state index contributed by atoms with van der Waals surface area (Å²) >= 11 is 0. The van der Waals surface area contributed by atoms with Gasteiger partial charge in [-0.15, -0.1) is 0 Å². The molecule has 2 N–H and O–H groups in total. The maximum Gasteiger partial charge on any atom is 0.243 e. The molecule has 9 heteroatoms. The number of carbonyl (C=O) groups excluding carboxylic acids is 2. The molecular weight excluding hydrogens is 423 g/mol. The lowest BCUT2D eigenvalue weighted by molar-refractivity contribution is -0.134. The van der Waals surface area contributed by atoms with Crippen molar-refractivity contribution in [1.29, 1.82) is 0 Å². The van der Waals surface area contributed by atoms with Crippen molar-refractivity contribution >= 4 is 21.7 Å². The molecule has 3 aliphatic rings. The van der Waals surface area contributed by atoms with E-state index in [9.17, 15) is 22.4 Å². The molecule has 170 valence electrons. The Balaban J connectivity index is 1.29. The minimum absolute atomic E-state index is 0.0151. The summed E-state index contributed by atoms with van der Waals surface area (Å²) in [5.41, 5.74) is 0.367. The molecule has 1 unspecified atom stereocenters. The first-order valence-corrected chi connectivity index (χ1v) is 12.8. The smallest absolute Gasteiger partial charge is 0.243 e. The van der Waals surface area contributed by atoms with Crippen LogP contribution in [0.25, 0.3) is 0 Å². The van der Waals surface area contributed by atoms with Crippen LogP contribution in [0.3, 0.4) is 0 Å². The topological polar surface area (TPSA) is 102 Å². The summed E-state index contributed by atoms with van der Waals surface area (Å²) in [6, 6.07) is 4.26. The number of amides is 2. The summed E-state index contributed by atoms with van der Waals surface area (Å²) in [6.45, 7) is 0.889. The van der Waals surface area contributed by atoms with E-state index in [-0.39, 0.29) is 35.5 Å². The minimum atomic E-state index is -3.32. The molecule has 3 fully saturated rings. The van der Waals surface area contributed by atoms with E-state index in [4.69, 9.17) is 4.74 Å². The standard InChI is InChI=1S/C22H29FN2O5S/c23-17-5-4-16(12-19(17)30-13-15-2-3-15)22(8-9-22)14-31(28,29)11-1-10-24-18-6-7-20(26)25-21(18)27/h4-5,12,15,18,24H,1-3,6-11,13-14H2,(H,25,26,27). The third-order valence-corrected chi connectivity index (χ3v) is 8.23. The molecule has 1 heterocycles. The van der Waals surface area contributed by atoms with Gasteiger partial charge in [-0.3, -0.25) is 14.9 Å². The predicted octanol–water partition coefficient (Wildman–Crippen LogP) is 1.85. The quantitative estimate of drug-likeness (QED) is 0.393. The van der Waals surface area contributed by atoms with Crippen molar-refractivity contribution in [3.05, 3.63) is 29.6 Å². The van der Waals surface area contributed by atoms with Gasteiger partial charge in [0.05, 0.1) is 24.2 Å². The van der Waals surface area contributed by atoms with E-state index >= 15 is 0 Å². The Morgan fingerprint density at radius 1 is 1.19 bits per heavy atom. The molecule has 1 aliphatic heterocycles. The van der Waals surface area contributed by atoms with Crippen molar-refractivity contribution in [2.24, 2.45) is 5.92 Å². The molecule has 1 aromatic rings. The number of imide groups is 1. The molecule has 1 saturated heterocycles. The average Bonchev–Trinajstić information content (AvgIpc) is 3.62. The predicted molar refractivity (Wildman–Crippen MR) is 113 cm³/mol. The van der Waals surface area contributed by atoms with Gasteiger partial charge in [0.15, 0.2) is 21.4 Å². The highest BCUT2D eigenvalue weighted by Crippen LogP contribution is 2.50. The molecule has 2 saturated carbocycles. The summed E-state index contributed by atoms with van der Waals surface area (Å²) in [4.78, 5) is 22.9. The van der Waals surface area contributed by atoms with E-state index < -0.39 is 27.1 Å². The van der Waals surface area contributed by atoms with Crippen LogP contribution in [0.5, 0.6) is 5.75 Å². The summed E-state index contributed by atoms with van der Waals surface area (Å²) in [5.74, 6) is -0.279. The average molecular weight is 453 g/mol. The fraction of sp³-hybridized carbons (Fsp3) is 0.636. The van der Waals surface area contributed by atoms with E-state index in [1.54, 1.807) is 12.1 Å². The first kappa shape index (κ1) is 22.2. The Bertz CT molecular complexity index is 957. The number of benzene rings is 1. The van der Waals surface area contributed by atoms with Crippen molar-refractivity contribution in [3.63, 3.8) is 0 Å². The maximum absolute atomic E-state index is 14.1. The highest BCUT2D eigenvalue weighted by atomic mass is 32.2. The van der Waals surface area contributed by atoms with Gasteiger partial charge in [0.2, 0.25) is 11.8 Å². The summed E-state index contributed by atoms with van der Waals surface area (Å²) in [7, 11) is -3.32. The number of hydrogen-bond donors (Lipinski definition) is 2. The molecular formula is C22H29FN2O5S. The van der Waals surface area contributed by atoms with Crippen molar-refractivity contribution in [2.75, 3.05) is 24.7 Å². The van der Waals surface area contributed by atoms with Crippen LogP contribution in [0.1, 0.15) is 50.5 Å². The monoisotopic (exact) mass is 452 g/mol. The number of rotatable bonds is 11. The molecule has 1 aromatic carbocycles. The molecule has 0 aromatic heterocycles. The molecule has 0 bridgehead atoms. The van der Waals surface area contributed by atoms with Gasteiger partial charge in [-0.05, 0) is 68.7 Å². The number of sulfone groups is 1. The first-order chi connectivity index (χ1) is 14.8. The number of hydrogen-bond acceptors (Lipinski definition) is 6. The van der Waals surface area contributed by atoms with Crippen LogP contribution in [-0.4, -0.2) is 50.9 Å². The van der Waals surface area contributed by atoms with Crippen molar-refractivity contribution < 1.29 is 27.1 Å². The number of ether oxygens (including phenoxy) is 1. The van der Waals surface area contributed by atoms with Gasteiger partial charge in [-0.1, -0.05) is 6.07 Å². The zero-order valence-electron chi connectivity index (χ0n) is 17.5. The van der Waals surface area contributed by atoms with E-state index in [2.05, 4.69) is 10.6 Å². The molecule has 1 atom stereocenters. The molecule has 4 rings (SSSR count). The fourth-order valence-corrected chi connectivity index (χ4v) is 6.08. The largest absolute Gasteiger partial charge is 0.490 e. The van der Waals surface area contributed by atoms with Gasteiger partial charge in [0, 0.05) is 11.8 Å². The van der Waals surface area contributed by atoms with Crippen molar-refractivity contribution in [2.45, 2.75) is 56.4 Å².